The number of carbonyl (C=O) groups excluding carboxylic acids is 2. The number of thioether (sulfide) groups is 2. The Balaban J connectivity index is 1.51. The van der Waals surface area contributed by atoms with Gasteiger partial charge < -0.3 is 11.8 Å². The Kier molecular flexibility index (Phi) is 7.02. The number of hydrogen-bond acceptors (Lipinski definition) is 4. The minimum Gasteiger partial charge on any atom is -0.368 e. The lowest BCUT2D eigenvalue weighted by Gasteiger charge is -2.29. The van der Waals surface area contributed by atoms with Crippen LogP contribution in [-0.2, 0) is 4.79 Å². The van der Waals surface area contributed by atoms with Gasteiger partial charge in [0, 0.05) is 33.9 Å². The topological polar surface area (TPSA) is 37.4 Å². The summed E-state index contributed by atoms with van der Waals surface area (Å²) in [5, 5.41) is 0.380. The van der Waals surface area contributed by atoms with E-state index in [0.717, 1.165) is 6.42 Å². The molecular weight excluding hydrogens is 374 g/mol. The molecule has 0 spiro atoms. The van der Waals surface area contributed by atoms with Crippen LogP contribution < -0.4 is 0 Å². The van der Waals surface area contributed by atoms with Gasteiger partial charge >= 0.3 is 0 Å². The maximum absolute atomic E-state index is 12.9. The Bertz CT molecular complexity index is 766. The van der Waals surface area contributed by atoms with Gasteiger partial charge in [0.2, 0.25) is 11.0 Å². The maximum Gasteiger partial charge on any atom is 0.224 e. The first-order chi connectivity index (χ1) is 13.0. The summed E-state index contributed by atoms with van der Waals surface area (Å²) in [6.07, 6.45) is 0.897. The highest BCUT2D eigenvalue weighted by Crippen LogP contribution is 2.33. The van der Waals surface area contributed by atoms with E-state index in [-0.39, 0.29) is 23.0 Å². The van der Waals surface area contributed by atoms with Crippen molar-refractivity contribution in [3.63, 3.8) is 0 Å². The minimum absolute atomic E-state index is 0.00372. The number of nitrogens with zero attached hydrogens (tertiary/aromatic N) is 1. The molecule has 1 aliphatic rings. The number of benzene rings is 2. The summed E-state index contributed by atoms with van der Waals surface area (Å²) < 4.78 is 0. The van der Waals surface area contributed by atoms with E-state index in [1.165, 1.54) is 16.7 Å². The molecule has 3 rings (SSSR count). The number of carbonyl (C=O) groups is 2. The molecule has 3 unspecified atom stereocenters. The second-order valence-corrected chi connectivity index (χ2v) is 9.17. The summed E-state index contributed by atoms with van der Waals surface area (Å²) >= 11 is 3.03. The van der Waals surface area contributed by atoms with E-state index in [0.29, 0.717) is 23.1 Å². The molecule has 0 N–H and O–H groups in total. The summed E-state index contributed by atoms with van der Waals surface area (Å²) in [5.41, 5.74) is 0.678. The first-order valence-electron chi connectivity index (χ1n) is 9.12. The molecule has 27 heavy (non-hydrogen) atoms. The van der Waals surface area contributed by atoms with Crippen LogP contribution in [0.15, 0.2) is 65.6 Å². The minimum atomic E-state index is -0.201. The van der Waals surface area contributed by atoms with Gasteiger partial charge in [0.15, 0.2) is 0 Å². The third-order valence-electron chi connectivity index (χ3n) is 4.60. The van der Waals surface area contributed by atoms with E-state index in [1.807, 2.05) is 60.0 Å². The fourth-order valence-electron chi connectivity index (χ4n) is 3.13. The van der Waals surface area contributed by atoms with Crippen LogP contribution in [0.5, 0.6) is 0 Å². The van der Waals surface area contributed by atoms with Gasteiger partial charge in [0.05, 0.1) is 0 Å². The summed E-state index contributed by atoms with van der Waals surface area (Å²) in [6, 6.07) is 19.5. The van der Waals surface area contributed by atoms with Crippen molar-refractivity contribution < 1.29 is 9.59 Å². The molecule has 2 aromatic rings. The average molecular weight is 399 g/mol. The van der Waals surface area contributed by atoms with Gasteiger partial charge in [0.25, 0.3) is 0 Å². The number of amides is 1. The predicted octanol–water partition coefficient (Wildman–Crippen LogP) is 4.79. The van der Waals surface area contributed by atoms with E-state index < -0.39 is 0 Å². The van der Waals surface area contributed by atoms with E-state index >= 15 is 0 Å². The van der Waals surface area contributed by atoms with Crippen molar-refractivity contribution in [2.24, 2.45) is 5.92 Å². The monoisotopic (exact) mass is 398 g/mol. The molecule has 5 heteroatoms. The third-order valence-corrected chi connectivity index (χ3v) is 6.98. The fraction of sp³-hybridized carbons (Fsp3) is 0.318. The molecule has 1 heterocycles. The van der Waals surface area contributed by atoms with E-state index in [9.17, 15) is 9.59 Å². The van der Waals surface area contributed by atoms with Crippen molar-refractivity contribution in [3.8, 4) is 0 Å². The van der Waals surface area contributed by atoms with E-state index in [1.54, 1.807) is 12.1 Å². The van der Waals surface area contributed by atoms with Crippen LogP contribution in [0.2, 0.25) is 0 Å². The van der Waals surface area contributed by atoms with Gasteiger partial charge in [-0.15, -0.1) is 11.8 Å². The van der Waals surface area contributed by atoms with Crippen LogP contribution in [-0.4, -0.2) is 39.5 Å². The van der Waals surface area contributed by atoms with Gasteiger partial charge in [-0.25, -0.2) is 0 Å². The van der Waals surface area contributed by atoms with Gasteiger partial charge in [-0.2, -0.15) is 0 Å². The van der Waals surface area contributed by atoms with Gasteiger partial charge in [0.1, 0.15) is 0 Å². The number of likely N-dealkylation sites (tertiary alicyclic amines) is 1. The lowest BCUT2D eigenvalue weighted by atomic mass is 10.1. The van der Waals surface area contributed by atoms with Crippen LogP contribution in [0.4, 0.5) is 0 Å². The normalized spacial score (nSPS) is 20.4. The van der Waals surface area contributed by atoms with Crippen molar-refractivity contribution in [2.45, 2.75) is 29.5 Å². The van der Waals surface area contributed by atoms with Crippen molar-refractivity contribution in [2.75, 3.05) is 12.3 Å². The molecule has 142 valence electrons. The Morgan fingerprint density at radius 1 is 1.11 bits per heavy atom. The second kappa shape index (κ2) is 9.47. The Labute approximate surface area is 169 Å². The largest absolute Gasteiger partial charge is 0.368 e. The molecule has 0 bridgehead atoms. The smallest absolute Gasteiger partial charge is 0.224 e. The van der Waals surface area contributed by atoms with Crippen LogP contribution >= 0.6 is 23.5 Å². The molecule has 0 aromatic heterocycles. The zero-order valence-corrected chi connectivity index (χ0v) is 17.0. The first-order valence-corrected chi connectivity index (χ1v) is 11.0. The molecule has 3 nitrogen and oxygen atoms in total. The third kappa shape index (κ3) is 5.39. The quantitative estimate of drug-likeness (QED) is 0.656. The Hall–Kier alpha value is -1.72. The van der Waals surface area contributed by atoms with Crippen LogP contribution in [0.3, 0.4) is 0 Å². The zero-order chi connectivity index (χ0) is 19.2. The zero-order valence-electron chi connectivity index (χ0n) is 15.4. The molecule has 1 fully saturated rings. The average Bonchev–Trinajstić information content (AvgIpc) is 3.06. The van der Waals surface area contributed by atoms with E-state index in [4.69, 9.17) is 0 Å². The second-order valence-electron chi connectivity index (χ2n) is 6.80. The van der Waals surface area contributed by atoms with Gasteiger partial charge in [-0.1, -0.05) is 73.3 Å². The van der Waals surface area contributed by atoms with Gasteiger partial charge in [-0.05, 0) is 18.6 Å². The lowest BCUT2D eigenvalue weighted by Crippen LogP contribution is -2.38. The molecule has 2 aromatic carbocycles. The van der Waals surface area contributed by atoms with Crippen LogP contribution in [0.1, 0.15) is 23.7 Å². The van der Waals surface area contributed by atoms with Crippen molar-refractivity contribution >= 4 is 34.5 Å². The number of rotatable bonds is 6. The van der Waals surface area contributed by atoms with E-state index in [2.05, 4.69) is 19.1 Å². The Morgan fingerprint density at radius 3 is 2.41 bits per heavy atom. The molecule has 1 saturated heterocycles. The summed E-state index contributed by atoms with van der Waals surface area (Å²) in [6.45, 7) is 6.79. The number of hydrogen-bond donors (Lipinski definition) is 0. The van der Waals surface area contributed by atoms with Crippen LogP contribution in [0.25, 0.3) is 0 Å². The molecule has 1 amide bonds. The molecule has 0 aliphatic carbocycles. The SMILES string of the molecule is [CH2-]C1CC(Sc2ccccc2)CN1C(=O)C(C)CSC(=O)c1ccccc1. The van der Waals surface area contributed by atoms with Crippen molar-refractivity contribution in [1.82, 2.24) is 4.90 Å². The molecule has 1 aliphatic heterocycles. The summed E-state index contributed by atoms with van der Waals surface area (Å²) in [5.74, 6) is 0.388. The summed E-state index contributed by atoms with van der Waals surface area (Å²) in [4.78, 5) is 28.2. The first kappa shape index (κ1) is 20.0. The standard InChI is InChI=1S/C22H24NO2S2/c1-16(15-26-22(25)18-9-5-3-6-10-18)21(24)23-14-20(13-17(23)2)27-19-11-7-4-8-12-19/h3-12,16-17,20H,2,13-15H2,1H3/q-1. The lowest BCUT2D eigenvalue weighted by molar-refractivity contribution is -0.134. The predicted molar refractivity (Wildman–Crippen MR) is 114 cm³/mol. The molecule has 0 radical (unpaired) electrons. The Morgan fingerprint density at radius 2 is 1.74 bits per heavy atom. The van der Waals surface area contributed by atoms with Gasteiger partial charge in [-0.3, -0.25) is 9.59 Å². The highest BCUT2D eigenvalue weighted by Gasteiger charge is 2.31. The highest BCUT2D eigenvalue weighted by molar-refractivity contribution is 8.14. The summed E-state index contributed by atoms with van der Waals surface area (Å²) in [7, 11) is 0. The fourth-order valence-corrected chi connectivity index (χ4v) is 5.23. The molecular formula is C22H24NO2S2-. The maximum atomic E-state index is 12.9. The molecule has 3 atom stereocenters. The van der Waals surface area contributed by atoms with Crippen molar-refractivity contribution in [1.29, 1.82) is 0 Å². The highest BCUT2D eigenvalue weighted by atomic mass is 32.2. The van der Waals surface area contributed by atoms with Crippen molar-refractivity contribution in [3.05, 3.63) is 73.2 Å². The van der Waals surface area contributed by atoms with Crippen LogP contribution in [0, 0.1) is 12.8 Å². The molecule has 0 saturated carbocycles.